The third kappa shape index (κ3) is 6.79. The summed E-state index contributed by atoms with van der Waals surface area (Å²) in [4.78, 5) is 39.0. The summed E-state index contributed by atoms with van der Waals surface area (Å²) < 4.78 is 40.8. The molecule has 7 nitrogen and oxygen atoms in total. The van der Waals surface area contributed by atoms with Crippen molar-refractivity contribution in [2.24, 2.45) is 0 Å². The topological polar surface area (TPSA) is 95.9 Å². The molecule has 1 heterocycles. The number of ether oxygens (including phenoxy) is 1. The first-order valence-corrected chi connectivity index (χ1v) is 10.6. The number of benzene rings is 1. The Hall–Kier alpha value is -2.92. The number of likely N-dealkylation sites (N-methyl/N-ethyl adjacent to an activating group) is 1. The molecule has 1 amide bonds. The molecule has 0 unspecified atom stereocenters. The van der Waals surface area contributed by atoms with E-state index in [4.69, 9.17) is 5.11 Å². The lowest BCUT2D eigenvalue weighted by molar-refractivity contribution is -0.274. The van der Waals surface area contributed by atoms with E-state index in [9.17, 15) is 27.6 Å². The number of nitrogens with zero attached hydrogens (tertiary/aromatic N) is 1. The largest absolute Gasteiger partial charge is 0.573 e. The van der Waals surface area contributed by atoms with Crippen LogP contribution in [0.2, 0.25) is 0 Å². The molecule has 0 aliphatic carbocycles. The van der Waals surface area contributed by atoms with Crippen molar-refractivity contribution in [3.63, 3.8) is 0 Å². The fourth-order valence-corrected chi connectivity index (χ4v) is 3.88. The summed E-state index contributed by atoms with van der Waals surface area (Å²) in [6, 6.07) is 5.27. The molecule has 0 spiro atoms. The molecular weight excluding hydrogens is 449 g/mol. The van der Waals surface area contributed by atoms with Crippen LogP contribution in [0.1, 0.15) is 41.6 Å². The number of anilines is 1. The average molecular weight is 472 g/mol. The van der Waals surface area contributed by atoms with Crippen molar-refractivity contribution in [3.8, 4) is 5.75 Å². The number of nitrogens with one attached hydrogen (secondary N) is 1. The van der Waals surface area contributed by atoms with Crippen LogP contribution in [0, 0.1) is 0 Å². The Morgan fingerprint density at radius 3 is 2.31 bits per heavy atom. The van der Waals surface area contributed by atoms with Crippen LogP contribution in [-0.2, 0) is 16.0 Å². The molecule has 11 heteroatoms. The van der Waals surface area contributed by atoms with Gasteiger partial charge in [0.25, 0.3) is 0 Å². The number of carboxylic acids is 1. The van der Waals surface area contributed by atoms with Crippen molar-refractivity contribution in [1.29, 1.82) is 0 Å². The fourth-order valence-electron chi connectivity index (χ4n) is 2.87. The number of carbonyl (C=O) groups excluding carboxylic acids is 2. The van der Waals surface area contributed by atoms with Gasteiger partial charge in [-0.15, -0.1) is 24.5 Å². The lowest BCUT2D eigenvalue weighted by Crippen LogP contribution is -2.43. The first kappa shape index (κ1) is 25.3. The second kappa shape index (κ2) is 10.6. The molecule has 0 fully saturated rings. The van der Waals surface area contributed by atoms with Gasteiger partial charge in [-0.05, 0) is 50.2 Å². The number of thiophene rings is 1. The second-order valence-electron chi connectivity index (χ2n) is 6.84. The Balaban J connectivity index is 2.21. The summed E-state index contributed by atoms with van der Waals surface area (Å²) in [5, 5.41) is 12.1. The van der Waals surface area contributed by atoms with Gasteiger partial charge in [-0.25, -0.2) is 0 Å². The number of aliphatic carboxylic acids is 1. The highest BCUT2D eigenvalue weighted by Gasteiger charge is 2.31. The van der Waals surface area contributed by atoms with Crippen molar-refractivity contribution >= 4 is 34.0 Å². The van der Waals surface area contributed by atoms with Crippen LogP contribution in [-0.4, -0.2) is 53.2 Å². The first-order chi connectivity index (χ1) is 14.9. The molecule has 1 atom stereocenters. The van der Waals surface area contributed by atoms with Gasteiger partial charge in [-0.3, -0.25) is 19.3 Å². The van der Waals surface area contributed by atoms with Gasteiger partial charge in [0.05, 0.1) is 12.1 Å². The molecule has 0 aliphatic rings. The number of amides is 1. The number of rotatable bonds is 10. The van der Waals surface area contributed by atoms with E-state index in [1.807, 2.05) is 6.92 Å². The highest BCUT2D eigenvalue weighted by Crippen LogP contribution is 2.31. The van der Waals surface area contributed by atoms with Crippen LogP contribution in [0.25, 0.3) is 0 Å². The van der Waals surface area contributed by atoms with Crippen LogP contribution in [0.4, 0.5) is 18.2 Å². The molecule has 2 N–H and O–H groups in total. The highest BCUT2D eigenvalue weighted by molar-refractivity contribution is 7.16. The molecule has 2 aromatic rings. The van der Waals surface area contributed by atoms with E-state index in [0.717, 1.165) is 17.0 Å². The molecular formula is C21H23F3N2O5S. The molecule has 0 saturated carbocycles. The van der Waals surface area contributed by atoms with Crippen LogP contribution >= 0.6 is 11.3 Å². The van der Waals surface area contributed by atoms with Crippen LogP contribution in [0.15, 0.2) is 30.3 Å². The van der Waals surface area contributed by atoms with E-state index in [1.165, 1.54) is 35.3 Å². The maximum Gasteiger partial charge on any atom is 0.573 e. The smallest absolute Gasteiger partial charge is 0.480 e. The predicted molar refractivity (Wildman–Crippen MR) is 113 cm³/mol. The van der Waals surface area contributed by atoms with Gasteiger partial charge in [0.15, 0.2) is 5.78 Å². The van der Waals surface area contributed by atoms with E-state index in [-0.39, 0.29) is 17.7 Å². The van der Waals surface area contributed by atoms with Crippen LogP contribution < -0.4 is 10.1 Å². The van der Waals surface area contributed by atoms with Gasteiger partial charge in [0.2, 0.25) is 5.91 Å². The number of hydrogen-bond donors (Lipinski definition) is 2. The maximum absolute atomic E-state index is 13.0. The van der Waals surface area contributed by atoms with E-state index in [1.54, 1.807) is 13.0 Å². The normalized spacial score (nSPS) is 12.5. The van der Waals surface area contributed by atoms with E-state index >= 15 is 0 Å². The Labute approximate surface area is 186 Å². The van der Waals surface area contributed by atoms with Gasteiger partial charge >= 0.3 is 12.3 Å². The monoisotopic (exact) mass is 472 g/mol. The lowest BCUT2D eigenvalue weighted by atomic mass is 10.0. The van der Waals surface area contributed by atoms with Gasteiger partial charge in [0, 0.05) is 10.4 Å². The van der Waals surface area contributed by atoms with Gasteiger partial charge in [0.1, 0.15) is 16.8 Å². The predicted octanol–water partition coefficient (Wildman–Crippen LogP) is 4.17. The zero-order valence-corrected chi connectivity index (χ0v) is 18.5. The summed E-state index contributed by atoms with van der Waals surface area (Å²) in [7, 11) is 0. The first-order valence-electron chi connectivity index (χ1n) is 9.75. The van der Waals surface area contributed by atoms with Crippen molar-refractivity contribution in [2.75, 3.05) is 18.4 Å². The van der Waals surface area contributed by atoms with Gasteiger partial charge < -0.3 is 15.2 Å². The SMILES string of the molecule is CCc1cc(C(=O)c2ccc(OC(F)(F)F)cc2)c(NC(=O)CN(CC)[C@@H](C)C(=O)O)s1. The molecule has 174 valence electrons. The summed E-state index contributed by atoms with van der Waals surface area (Å²) in [6.07, 6.45) is -4.23. The number of ketones is 1. The van der Waals surface area contributed by atoms with Crippen LogP contribution in [0.5, 0.6) is 5.75 Å². The Morgan fingerprint density at radius 2 is 1.81 bits per heavy atom. The van der Waals surface area contributed by atoms with Crippen LogP contribution in [0.3, 0.4) is 0 Å². The fraction of sp³-hybridized carbons (Fsp3) is 0.381. The number of carboxylic acid groups (broad SMARTS) is 1. The quantitative estimate of drug-likeness (QED) is 0.504. The standard InChI is InChI=1S/C21H23F3N2O5S/c1-4-15-10-16(18(28)13-6-8-14(9-7-13)31-21(22,23)24)19(32-15)25-17(27)11-26(5-2)12(3)20(29)30/h6-10,12H,4-5,11H2,1-3H3,(H,25,27)(H,29,30)/t12-/m0/s1. The summed E-state index contributed by atoms with van der Waals surface area (Å²) in [6.45, 7) is 5.24. The summed E-state index contributed by atoms with van der Waals surface area (Å²) in [5.41, 5.74) is 0.337. The Kier molecular flexibility index (Phi) is 8.39. The third-order valence-corrected chi connectivity index (χ3v) is 5.83. The zero-order valence-electron chi connectivity index (χ0n) is 17.7. The highest BCUT2D eigenvalue weighted by atomic mass is 32.1. The molecule has 0 saturated heterocycles. The minimum absolute atomic E-state index is 0.130. The van der Waals surface area contributed by atoms with Gasteiger partial charge in [-0.2, -0.15) is 0 Å². The number of carbonyl (C=O) groups is 3. The Bertz CT molecular complexity index is 973. The second-order valence-corrected chi connectivity index (χ2v) is 7.97. The average Bonchev–Trinajstić information content (AvgIpc) is 3.13. The van der Waals surface area contributed by atoms with E-state index in [2.05, 4.69) is 10.1 Å². The minimum atomic E-state index is -4.84. The number of halogens is 3. The molecule has 0 bridgehead atoms. The lowest BCUT2D eigenvalue weighted by Gasteiger charge is -2.23. The third-order valence-electron chi connectivity index (χ3n) is 4.64. The molecule has 0 radical (unpaired) electrons. The van der Waals surface area contributed by atoms with Gasteiger partial charge in [-0.1, -0.05) is 13.8 Å². The number of alkyl halides is 3. The zero-order chi connectivity index (χ0) is 24.1. The van der Waals surface area contributed by atoms with E-state index < -0.39 is 35.8 Å². The van der Waals surface area contributed by atoms with Crippen molar-refractivity contribution in [1.82, 2.24) is 4.90 Å². The Morgan fingerprint density at radius 1 is 1.19 bits per heavy atom. The number of hydrogen-bond acceptors (Lipinski definition) is 6. The molecule has 0 aliphatic heterocycles. The van der Waals surface area contributed by atoms with Crippen molar-refractivity contribution in [2.45, 2.75) is 39.6 Å². The molecule has 32 heavy (non-hydrogen) atoms. The van der Waals surface area contributed by atoms with Crippen molar-refractivity contribution < 1.29 is 37.4 Å². The summed E-state index contributed by atoms with van der Waals surface area (Å²) in [5.74, 6) is -2.46. The molecule has 1 aromatic heterocycles. The minimum Gasteiger partial charge on any atom is -0.480 e. The summed E-state index contributed by atoms with van der Waals surface area (Å²) >= 11 is 1.21. The molecule has 2 rings (SSSR count). The molecule has 1 aromatic carbocycles. The van der Waals surface area contributed by atoms with E-state index in [0.29, 0.717) is 18.0 Å². The number of aryl methyl sites for hydroxylation is 1. The maximum atomic E-state index is 13.0. The van der Waals surface area contributed by atoms with Crippen molar-refractivity contribution in [3.05, 3.63) is 46.3 Å².